The van der Waals surface area contributed by atoms with Gasteiger partial charge in [-0.25, -0.2) is 9.71 Å². The summed E-state index contributed by atoms with van der Waals surface area (Å²) in [5, 5.41) is 3.10. The number of anilines is 1. The average molecular weight is 465 g/mol. The van der Waals surface area contributed by atoms with Crippen molar-refractivity contribution in [2.75, 3.05) is 12.4 Å². The normalized spacial score (nSPS) is 15.4. The van der Waals surface area contributed by atoms with Crippen molar-refractivity contribution in [1.29, 1.82) is 0 Å². The second-order valence-electron chi connectivity index (χ2n) is 8.45. The maximum atomic E-state index is 13.3. The molecule has 0 saturated heterocycles. The number of aromatic amines is 1. The molecule has 8 heteroatoms. The minimum Gasteiger partial charge on any atom is -0.342 e. The number of H-pyrrole nitrogens is 1. The summed E-state index contributed by atoms with van der Waals surface area (Å²) in [6, 6.07) is 20.7. The first kappa shape index (κ1) is 21.7. The van der Waals surface area contributed by atoms with E-state index >= 15 is 0 Å². The van der Waals surface area contributed by atoms with E-state index in [1.54, 1.807) is 12.1 Å². The van der Waals surface area contributed by atoms with E-state index in [9.17, 15) is 13.9 Å². The van der Waals surface area contributed by atoms with Crippen molar-refractivity contribution >= 4 is 33.4 Å². The fraction of sp³-hybridized carbons (Fsp3) is 0.200. The van der Waals surface area contributed by atoms with Gasteiger partial charge in [-0.3, -0.25) is 13.9 Å². The monoisotopic (exact) mass is 464 g/mol. The van der Waals surface area contributed by atoms with Crippen LogP contribution in [-0.2, 0) is 10.2 Å². The van der Waals surface area contributed by atoms with Gasteiger partial charge in [0.25, 0.3) is 0 Å². The van der Waals surface area contributed by atoms with Gasteiger partial charge in [0.2, 0.25) is 5.91 Å². The number of rotatable bonds is 6. The van der Waals surface area contributed by atoms with Crippen LogP contribution in [0.15, 0.2) is 71.6 Å². The van der Waals surface area contributed by atoms with Crippen LogP contribution in [-0.4, -0.2) is 32.0 Å². The van der Waals surface area contributed by atoms with Gasteiger partial charge < -0.3 is 10.3 Å². The standard InChI is InChI=1S/C25H26N4O3S.H2/c1-16-27-22-11-8-19(15-23(22)28-16)25(12-13-25)24(30)29-20-5-3-4-18(14-20)17-6-9-21(10-7-17)33(31,32)26-2;/h3-11,14-15,26,31-32H,12-13H2,1-2H3,(H,27,28)(H,29,30);1H. The van der Waals surface area contributed by atoms with E-state index in [1.165, 1.54) is 7.05 Å². The number of aryl methyl sites for hydroxylation is 1. The Balaban J connectivity index is 0.00000274. The van der Waals surface area contributed by atoms with Crippen LogP contribution in [0.25, 0.3) is 22.2 Å². The molecule has 5 rings (SSSR count). The number of imidazole rings is 1. The summed E-state index contributed by atoms with van der Waals surface area (Å²) >= 11 is 0. The molecule has 1 amide bonds. The number of amides is 1. The van der Waals surface area contributed by atoms with Crippen LogP contribution in [0, 0.1) is 6.92 Å². The quantitative estimate of drug-likeness (QED) is 0.251. The smallest absolute Gasteiger partial charge is 0.235 e. The van der Waals surface area contributed by atoms with Gasteiger partial charge in [-0.05, 0) is 72.9 Å². The third-order valence-corrected chi connectivity index (χ3v) is 7.76. The number of carbonyl (C=O) groups is 1. The van der Waals surface area contributed by atoms with Crippen molar-refractivity contribution in [3.05, 3.63) is 78.1 Å². The van der Waals surface area contributed by atoms with Gasteiger partial charge in [-0.15, -0.1) is 10.8 Å². The molecule has 172 valence electrons. The Kier molecular flexibility index (Phi) is 5.25. The molecule has 1 aromatic heterocycles. The minimum absolute atomic E-state index is 0. The fourth-order valence-corrected chi connectivity index (χ4v) is 4.94. The Hall–Kier alpha value is -3.17. The first-order valence-corrected chi connectivity index (χ1v) is 12.3. The van der Waals surface area contributed by atoms with E-state index < -0.39 is 16.2 Å². The molecule has 3 aromatic carbocycles. The summed E-state index contributed by atoms with van der Waals surface area (Å²) in [4.78, 5) is 21.4. The number of nitrogens with zero attached hydrogens (tertiary/aromatic N) is 1. The Morgan fingerprint density at radius 3 is 2.52 bits per heavy atom. The largest absolute Gasteiger partial charge is 0.342 e. The van der Waals surface area contributed by atoms with E-state index in [1.807, 2.05) is 61.5 Å². The summed E-state index contributed by atoms with van der Waals surface area (Å²) in [6.07, 6.45) is 1.63. The molecule has 7 nitrogen and oxygen atoms in total. The van der Waals surface area contributed by atoms with E-state index in [0.29, 0.717) is 4.90 Å². The number of hydrogen-bond donors (Lipinski definition) is 5. The molecule has 33 heavy (non-hydrogen) atoms. The molecule has 0 aliphatic heterocycles. The van der Waals surface area contributed by atoms with Gasteiger partial charge in [-0.1, -0.05) is 30.3 Å². The molecule has 1 fully saturated rings. The summed E-state index contributed by atoms with van der Waals surface area (Å²) in [5.74, 6) is 0.853. The molecule has 1 aliphatic carbocycles. The second-order valence-corrected chi connectivity index (χ2v) is 10.4. The zero-order valence-corrected chi connectivity index (χ0v) is 19.2. The van der Waals surface area contributed by atoms with Crippen LogP contribution >= 0.6 is 10.8 Å². The lowest BCUT2D eigenvalue weighted by atomic mass is 9.94. The highest BCUT2D eigenvalue weighted by Crippen LogP contribution is 2.49. The van der Waals surface area contributed by atoms with Gasteiger partial charge in [0, 0.05) is 14.2 Å². The number of fused-ring (bicyclic) bond motifs is 1. The van der Waals surface area contributed by atoms with E-state index in [2.05, 4.69) is 20.0 Å². The first-order chi connectivity index (χ1) is 15.8. The Morgan fingerprint density at radius 2 is 1.82 bits per heavy atom. The predicted molar refractivity (Wildman–Crippen MR) is 135 cm³/mol. The zero-order chi connectivity index (χ0) is 23.2. The number of aromatic nitrogens is 2. The highest BCUT2D eigenvalue weighted by molar-refractivity contribution is 8.22. The highest BCUT2D eigenvalue weighted by Gasteiger charge is 2.51. The molecule has 5 N–H and O–H groups in total. The van der Waals surface area contributed by atoms with Crippen LogP contribution in [0.5, 0.6) is 0 Å². The van der Waals surface area contributed by atoms with Crippen LogP contribution in [0.3, 0.4) is 0 Å². The van der Waals surface area contributed by atoms with E-state index in [0.717, 1.165) is 52.1 Å². The fourth-order valence-electron chi connectivity index (χ4n) is 4.19. The molecule has 1 aliphatic rings. The SMILES string of the molecule is CNS(O)(O)c1ccc(-c2cccc(NC(=O)C3(c4ccc5nc(C)[nH]c5c4)CC3)c2)cc1.[HH]. The second kappa shape index (κ2) is 8.00. The third kappa shape index (κ3) is 4.02. The van der Waals surface area contributed by atoms with E-state index in [-0.39, 0.29) is 7.33 Å². The maximum absolute atomic E-state index is 13.3. The van der Waals surface area contributed by atoms with Gasteiger partial charge >= 0.3 is 0 Å². The van der Waals surface area contributed by atoms with Crippen LogP contribution in [0.1, 0.15) is 25.7 Å². The maximum Gasteiger partial charge on any atom is 0.235 e. The lowest BCUT2D eigenvalue weighted by Crippen LogP contribution is -2.27. The molecule has 4 aromatic rings. The molecule has 1 heterocycles. The zero-order valence-electron chi connectivity index (χ0n) is 18.4. The van der Waals surface area contributed by atoms with Crippen molar-refractivity contribution in [3.63, 3.8) is 0 Å². The Morgan fingerprint density at radius 1 is 1.06 bits per heavy atom. The van der Waals surface area contributed by atoms with Crippen LogP contribution < -0.4 is 10.0 Å². The summed E-state index contributed by atoms with van der Waals surface area (Å²) in [7, 11) is -1.47. The molecular weight excluding hydrogens is 436 g/mol. The number of hydrogen-bond acceptors (Lipinski definition) is 5. The molecule has 0 bridgehead atoms. The van der Waals surface area contributed by atoms with Crippen molar-refractivity contribution in [1.82, 2.24) is 14.7 Å². The van der Waals surface area contributed by atoms with Gasteiger partial charge in [0.05, 0.1) is 21.3 Å². The number of benzene rings is 3. The number of carbonyl (C=O) groups excluding carboxylic acids is 1. The lowest BCUT2D eigenvalue weighted by molar-refractivity contribution is -0.118. The summed E-state index contributed by atoms with van der Waals surface area (Å²) in [6.45, 7) is 1.92. The molecule has 0 spiro atoms. The molecule has 1 saturated carbocycles. The number of nitrogens with one attached hydrogen (secondary N) is 3. The molecular formula is C25H28N4O3S. The summed E-state index contributed by atoms with van der Waals surface area (Å²) < 4.78 is 22.6. The van der Waals surface area contributed by atoms with Crippen molar-refractivity contribution in [3.8, 4) is 11.1 Å². The molecule has 0 atom stereocenters. The Labute approximate surface area is 195 Å². The molecule has 0 unspecified atom stereocenters. The predicted octanol–water partition coefficient (Wildman–Crippen LogP) is 5.70. The van der Waals surface area contributed by atoms with Crippen molar-refractivity contribution in [2.45, 2.75) is 30.1 Å². The minimum atomic E-state index is -2.98. The third-order valence-electron chi connectivity index (χ3n) is 6.26. The van der Waals surface area contributed by atoms with E-state index in [4.69, 9.17) is 0 Å². The van der Waals surface area contributed by atoms with Crippen molar-refractivity contribution < 1.29 is 15.3 Å². The summed E-state index contributed by atoms with van der Waals surface area (Å²) in [5.41, 5.74) is 4.93. The average Bonchev–Trinajstić information content (AvgIpc) is 3.55. The van der Waals surface area contributed by atoms with Crippen LogP contribution in [0.4, 0.5) is 5.69 Å². The van der Waals surface area contributed by atoms with Crippen molar-refractivity contribution in [2.24, 2.45) is 0 Å². The highest BCUT2D eigenvalue weighted by atomic mass is 32.3. The first-order valence-electron chi connectivity index (χ1n) is 10.8. The molecule has 0 radical (unpaired) electrons. The van der Waals surface area contributed by atoms with Gasteiger partial charge in [0.1, 0.15) is 5.82 Å². The van der Waals surface area contributed by atoms with Gasteiger partial charge in [-0.2, -0.15) is 0 Å². The Bertz CT molecular complexity index is 1350. The van der Waals surface area contributed by atoms with Crippen LogP contribution in [0.2, 0.25) is 0 Å². The van der Waals surface area contributed by atoms with Gasteiger partial charge in [0.15, 0.2) is 0 Å². The lowest BCUT2D eigenvalue weighted by Gasteiger charge is -2.31. The topological polar surface area (TPSA) is 110 Å².